The molecule has 5 rings (SSSR count). The molecule has 0 aliphatic carbocycles. The largest absolute Gasteiger partial charge is 0.496 e. The first-order chi connectivity index (χ1) is 21.5. The Bertz CT molecular complexity index is 1510. The van der Waals surface area contributed by atoms with Crippen LogP contribution in [0.5, 0.6) is 17.2 Å². The molecule has 3 aromatic rings. The minimum Gasteiger partial charge on any atom is -0.496 e. The third-order valence-electron chi connectivity index (χ3n) is 8.08. The molecule has 10 heteroatoms. The number of amides is 2. The SMILES string of the molecule is COc1c(C)c(OC)c(OCc2ccccc2)c2c1C[C@H]1C(O)N(C(=O)OC(C)(C)C)CC(=O)N1[C@H]2COCc1ccccc1. The third kappa shape index (κ3) is 6.72. The summed E-state index contributed by atoms with van der Waals surface area (Å²) in [4.78, 5) is 29.8. The van der Waals surface area contributed by atoms with Gasteiger partial charge in [-0.05, 0) is 38.8 Å². The summed E-state index contributed by atoms with van der Waals surface area (Å²) in [6, 6.07) is 18.1. The molecule has 0 aromatic heterocycles. The zero-order valence-corrected chi connectivity index (χ0v) is 26.7. The molecule has 240 valence electrons. The Kier molecular flexibility index (Phi) is 9.55. The first kappa shape index (κ1) is 32.1. The number of ether oxygens (including phenoxy) is 5. The van der Waals surface area contributed by atoms with Gasteiger partial charge in [0.05, 0.1) is 39.5 Å². The van der Waals surface area contributed by atoms with Crippen molar-refractivity contribution in [2.75, 3.05) is 27.4 Å². The fourth-order valence-electron chi connectivity index (χ4n) is 6.17. The summed E-state index contributed by atoms with van der Waals surface area (Å²) in [6.45, 7) is 7.43. The van der Waals surface area contributed by atoms with Crippen molar-refractivity contribution in [1.29, 1.82) is 0 Å². The normalized spacial score (nSPS) is 19.4. The summed E-state index contributed by atoms with van der Waals surface area (Å²) < 4.78 is 30.2. The Labute approximate surface area is 264 Å². The monoisotopic (exact) mass is 618 g/mol. The van der Waals surface area contributed by atoms with Gasteiger partial charge in [0, 0.05) is 23.1 Å². The minimum atomic E-state index is -1.33. The van der Waals surface area contributed by atoms with Gasteiger partial charge in [-0.1, -0.05) is 60.7 Å². The molecule has 1 saturated heterocycles. The molecule has 2 aliphatic heterocycles. The van der Waals surface area contributed by atoms with E-state index < -0.39 is 30.0 Å². The smallest absolute Gasteiger partial charge is 0.412 e. The van der Waals surface area contributed by atoms with Gasteiger partial charge in [-0.25, -0.2) is 4.79 Å². The highest BCUT2D eigenvalue weighted by molar-refractivity contribution is 5.85. The minimum absolute atomic E-state index is 0.0976. The molecule has 3 atom stereocenters. The molecular formula is C35H42N2O8. The number of methoxy groups -OCH3 is 2. The average molecular weight is 619 g/mol. The van der Waals surface area contributed by atoms with Crippen LogP contribution in [0.1, 0.15) is 54.6 Å². The number of fused-ring (bicyclic) bond motifs is 2. The Morgan fingerprint density at radius 1 is 0.911 bits per heavy atom. The Balaban J connectivity index is 1.60. The van der Waals surface area contributed by atoms with Gasteiger partial charge in [0.15, 0.2) is 17.7 Å². The van der Waals surface area contributed by atoms with E-state index in [1.165, 1.54) is 0 Å². The van der Waals surface area contributed by atoms with Crippen LogP contribution in [-0.4, -0.2) is 72.1 Å². The molecule has 0 spiro atoms. The van der Waals surface area contributed by atoms with Gasteiger partial charge in [0.1, 0.15) is 24.5 Å². The van der Waals surface area contributed by atoms with Crippen molar-refractivity contribution in [2.24, 2.45) is 0 Å². The number of aliphatic hydroxyl groups is 1. The van der Waals surface area contributed by atoms with Crippen molar-refractivity contribution in [3.8, 4) is 17.2 Å². The van der Waals surface area contributed by atoms with Crippen molar-refractivity contribution in [2.45, 2.75) is 71.2 Å². The van der Waals surface area contributed by atoms with Crippen LogP contribution in [0.4, 0.5) is 4.79 Å². The van der Waals surface area contributed by atoms with Crippen molar-refractivity contribution in [1.82, 2.24) is 9.80 Å². The van der Waals surface area contributed by atoms with Crippen LogP contribution in [0.15, 0.2) is 60.7 Å². The highest BCUT2D eigenvalue weighted by Crippen LogP contribution is 2.52. The van der Waals surface area contributed by atoms with Crippen molar-refractivity contribution in [3.05, 3.63) is 88.5 Å². The highest BCUT2D eigenvalue weighted by atomic mass is 16.6. The van der Waals surface area contributed by atoms with Crippen LogP contribution in [0, 0.1) is 6.92 Å². The summed E-state index contributed by atoms with van der Waals surface area (Å²) >= 11 is 0. The molecule has 2 amide bonds. The van der Waals surface area contributed by atoms with Crippen LogP contribution in [0.3, 0.4) is 0 Å². The van der Waals surface area contributed by atoms with Gasteiger partial charge in [0.2, 0.25) is 5.91 Å². The lowest BCUT2D eigenvalue weighted by molar-refractivity contribution is -0.166. The number of nitrogens with zero attached hydrogens (tertiary/aromatic N) is 2. The molecule has 0 radical (unpaired) electrons. The number of benzene rings is 3. The predicted octanol–water partition coefficient (Wildman–Crippen LogP) is 5.17. The molecular weight excluding hydrogens is 576 g/mol. The van der Waals surface area contributed by atoms with E-state index in [0.29, 0.717) is 29.4 Å². The summed E-state index contributed by atoms with van der Waals surface area (Å²) in [5.41, 5.74) is 3.31. The lowest BCUT2D eigenvalue weighted by Crippen LogP contribution is -2.66. The highest BCUT2D eigenvalue weighted by Gasteiger charge is 2.51. The van der Waals surface area contributed by atoms with Gasteiger partial charge in [-0.2, -0.15) is 0 Å². The third-order valence-corrected chi connectivity index (χ3v) is 8.08. The van der Waals surface area contributed by atoms with Gasteiger partial charge in [-0.15, -0.1) is 0 Å². The first-order valence-corrected chi connectivity index (χ1v) is 15.1. The molecule has 2 aliphatic rings. The number of carbonyl (C=O) groups is 2. The maximum atomic E-state index is 14.0. The standard InChI is InChI=1S/C35H42N2O8/c1-22-30(41-5)25-17-26-33(39)36(34(40)45-35(2,3)4)18-28(38)37(26)27(21-43-19-23-13-9-7-10-14-23)29(25)32(31(22)42-6)44-20-24-15-11-8-12-16-24/h7-16,26-27,33,39H,17-21H2,1-6H3/t26-,27-,33?/m0/s1. The van der Waals surface area contributed by atoms with E-state index in [2.05, 4.69) is 0 Å². The molecule has 0 bridgehead atoms. The van der Waals surface area contributed by atoms with Crippen molar-refractivity contribution >= 4 is 12.0 Å². The van der Waals surface area contributed by atoms with E-state index in [-0.39, 0.29) is 32.1 Å². The second-order valence-electron chi connectivity index (χ2n) is 12.3. The second kappa shape index (κ2) is 13.4. The van der Waals surface area contributed by atoms with Crippen LogP contribution in [0.2, 0.25) is 0 Å². The van der Waals surface area contributed by atoms with E-state index in [0.717, 1.165) is 27.2 Å². The Morgan fingerprint density at radius 2 is 1.51 bits per heavy atom. The number of aliphatic hydroxyl groups excluding tert-OH is 1. The summed E-state index contributed by atoms with van der Waals surface area (Å²) in [6.07, 6.45) is -1.88. The average Bonchev–Trinajstić information content (AvgIpc) is 3.01. The topological polar surface area (TPSA) is 107 Å². The van der Waals surface area contributed by atoms with E-state index in [1.54, 1.807) is 39.9 Å². The molecule has 0 saturated carbocycles. The molecule has 1 fully saturated rings. The lowest BCUT2D eigenvalue weighted by atomic mass is 9.83. The van der Waals surface area contributed by atoms with E-state index >= 15 is 0 Å². The lowest BCUT2D eigenvalue weighted by Gasteiger charge is -2.51. The molecule has 1 unspecified atom stereocenters. The Hall–Kier alpha value is -4.28. The molecule has 10 nitrogen and oxygen atoms in total. The molecule has 3 aromatic carbocycles. The van der Waals surface area contributed by atoms with Crippen LogP contribution in [-0.2, 0) is 33.9 Å². The second-order valence-corrected chi connectivity index (χ2v) is 12.3. The van der Waals surface area contributed by atoms with Gasteiger partial charge >= 0.3 is 6.09 Å². The van der Waals surface area contributed by atoms with Gasteiger partial charge in [-0.3, -0.25) is 9.69 Å². The summed E-state index contributed by atoms with van der Waals surface area (Å²) in [5, 5.41) is 11.6. The fraction of sp³-hybridized carbons (Fsp3) is 0.429. The summed E-state index contributed by atoms with van der Waals surface area (Å²) in [5.74, 6) is 1.20. The Morgan fingerprint density at radius 3 is 2.09 bits per heavy atom. The quantitative estimate of drug-likeness (QED) is 0.350. The molecule has 2 heterocycles. The molecule has 45 heavy (non-hydrogen) atoms. The number of hydrogen-bond donors (Lipinski definition) is 1. The van der Waals surface area contributed by atoms with Gasteiger partial charge in [0.25, 0.3) is 0 Å². The number of carbonyl (C=O) groups excluding carboxylic acids is 2. The fourth-order valence-corrected chi connectivity index (χ4v) is 6.17. The summed E-state index contributed by atoms with van der Waals surface area (Å²) in [7, 11) is 3.15. The van der Waals surface area contributed by atoms with Crippen molar-refractivity contribution < 1.29 is 38.4 Å². The van der Waals surface area contributed by atoms with E-state index in [1.807, 2.05) is 67.6 Å². The van der Waals surface area contributed by atoms with Crippen molar-refractivity contribution in [3.63, 3.8) is 0 Å². The van der Waals surface area contributed by atoms with Crippen LogP contribution >= 0.6 is 0 Å². The maximum absolute atomic E-state index is 14.0. The van der Waals surface area contributed by atoms with E-state index in [4.69, 9.17) is 23.7 Å². The molecule has 1 N–H and O–H groups in total. The van der Waals surface area contributed by atoms with Crippen LogP contribution < -0.4 is 14.2 Å². The maximum Gasteiger partial charge on any atom is 0.412 e. The van der Waals surface area contributed by atoms with E-state index in [9.17, 15) is 14.7 Å². The van der Waals surface area contributed by atoms with Crippen LogP contribution in [0.25, 0.3) is 0 Å². The number of hydrogen-bond acceptors (Lipinski definition) is 8. The number of piperazine rings is 1. The zero-order valence-electron chi connectivity index (χ0n) is 26.7. The first-order valence-electron chi connectivity index (χ1n) is 15.1. The zero-order chi connectivity index (χ0) is 32.3. The number of rotatable bonds is 9. The predicted molar refractivity (Wildman–Crippen MR) is 167 cm³/mol. The van der Waals surface area contributed by atoms with Gasteiger partial charge < -0.3 is 33.7 Å².